The quantitative estimate of drug-likeness (QED) is 0.754. The monoisotopic (exact) mass is 275 g/mol. The highest BCUT2D eigenvalue weighted by molar-refractivity contribution is 6.42. The molecule has 0 radical (unpaired) electrons. The summed E-state index contributed by atoms with van der Waals surface area (Å²) >= 11 is 11.9. The van der Waals surface area contributed by atoms with Crippen LogP contribution >= 0.6 is 23.2 Å². The predicted octanol–water partition coefficient (Wildman–Crippen LogP) is 5.03. The van der Waals surface area contributed by atoms with Gasteiger partial charge in [-0.05, 0) is 41.3 Å². The van der Waals surface area contributed by atoms with Crippen molar-refractivity contribution in [1.82, 2.24) is 0 Å². The van der Waals surface area contributed by atoms with Crippen molar-refractivity contribution >= 4 is 23.2 Å². The normalized spacial score (nSPS) is 10.1. The van der Waals surface area contributed by atoms with Crippen LogP contribution in [-0.4, -0.2) is 0 Å². The van der Waals surface area contributed by atoms with Gasteiger partial charge in [0.15, 0.2) is 0 Å². The Bertz CT molecular complexity index is 627. The second kappa shape index (κ2) is 5.44. The smallest absolute Gasteiger partial charge is 0.0669 e. The zero-order valence-electron chi connectivity index (χ0n) is 9.87. The third kappa shape index (κ3) is 2.67. The molecule has 1 nitrogen and oxygen atoms in total. The molecule has 0 saturated carbocycles. The summed E-state index contributed by atoms with van der Waals surface area (Å²) in [7, 11) is 0. The van der Waals surface area contributed by atoms with Crippen molar-refractivity contribution in [3.05, 3.63) is 57.6 Å². The second-order valence-electron chi connectivity index (χ2n) is 4.11. The number of nitriles is 1. The first-order chi connectivity index (χ1) is 8.61. The molecule has 2 aromatic rings. The second-order valence-corrected chi connectivity index (χ2v) is 4.92. The fraction of sp³-hybridized carbons (Fsp3) is 0.133. The summed E-state index contributed by atoms with van der Waals surface area (Å²) in [4.78, 5) is 0. The molecule has 3 heteroatoms. The van der Waals surface area contributed by atoms with E-state index in [1.165, 1.54) is 0 Å². The van der Waals surface area contributed by atoms with E-state index in [0.29, 0.717) is 16.5 Å². The molecule has 0 spiro atoms. The average Bonchev–Trinajstić information content (AvgIpc) is 2.35. The standard InChI is InChI=1S/C15H11Cl2N/c1-10-8-12(3-2-11(10)6-7-18)13-4-5-14(16)15(17)9-13/h2-5,8-9H,6H2,1H3. The molecular weight excluding hydrogens is 265 g/mol. The molecule has 90 valence electrons. The Kier molecular flexibility index (Phi) is 3.91. The van der Waals surface area contributed by atoms with Crippen LogP contribution in [-0.2, 0) is 6.42 Å². The lowest BCUT2D eigenvalue weighted by Crippen LogP contribution is -1.88. The van der Waals surface area contributed by atoms with Gasteiger partial charge >= 0.3 is 0 Å². The number of nitrogens with zero attached hydrogens (tertiary/aromatic N) is 1. The lowest BCUT2D eigenvalue weighted by Gasteiger charge is -2.07. The van der Waals surface area contributed by atoms with E-state index in [9.17, 15) is 0 Å². The number of hydrogen-bond donors (Lipinski definition) is 0. The summed E-state index contributed by atoms with van der Waals surface area (Å²) in [6, 6.07) is 13.8. The van der Waals surface area contributed by atoms with Gasteiger partial charge < -0.3 is 0 Å². The molecule has 2 aromatic carbocycles. The van der Waals surface area contributed by atoms with Gasteiger partial charge in [0.05, 0.1) is 22.5 Å². The van der Waals surface area contributed by atoms with E-state index in [-0.39, 0.29) is 0 Å². The SMILES string of the molecule is Cc1cc(-c2ccc(Cl)c(Cl)c2)ccc1CC#N. The van der Waals surface area contributed by atoms with Crippen molar-refractivity contribution in [3.63, 3.8) is 0 Å². The maximum absolute atomic E-state index is 8.72. The number of aryl methyl sites for hydroxylation is 1. The van der Waals surface area contributed by atoms with Crippen LogP contribution in [0.15, 0.2) is 36.4 Å². The van der Waals surface area contributed by atoms with Gasteiger partial charge in [-0.3, -0.25) is 0 Å². The number of benzene rings is 2. The fourth-order valence-corrected chi connectivity index (χ4v) is 2.13. The van der Waals surface area contributed by atoms with Crippen LogP contribution < -0.4 is 0 Å². The molecule has 0 aliphatic rings. The van der Waals surface area contributed by atoms with Crippen molar-refractivity contribution in [3.8, 4) is 17.2 Å². The van der Waals surface area contributed by atoms with Crippen LogP contribution in [0.25, 0.3) is 11.1 Å². The molecule has 0 amide bonds. The summed E-state index contributed by atoms with van der Waals surface area (Å²) in [6.07, 6.45) is 0.438. The number of halogens is 2. The van der Waals surface area contributed by atoms with Crippen LogP contribution in [0.3, 0.4) is 0 Å². The number of rotatable bonds is 2. The van der Waals surface area contributed by atoms with Crippen LogP contribution in [0.4, 0.5) is 0 Å². The van der Waals surface area contributed by atoms with E-state index >= 15 is 0 Å². The first-order valence-electron chi connectivity index (χ1n) is 5.53. The Morgan fingerprint density at radius 2 is 1.67 bits per heavy atom. The van der Waals surface area contributed by atoms with E-state index in [4.69, 9.17) is 28.5 Å². The molecule has 18 heavy (non-hydrogen) atoms. The molecule has 0 saturated heterocycles. The Balaban J connectivity index is 2.43. The molecule has 0 aromatic heterocycles. The minimum absolute atomic E-state index is 0.438. The van der Waals surface area contributed by atoms with Gasteiger partial charge in [0.25, 0.3) is 0 Å². The Morgan fingerprint density at radius 3 is 2.28 bits per heavy atom. The van der Waals surface area contributed by atoms with Gasteiger partial charge in [-0.25, -0.2) is 0 Å². The van der Waals surface area contributed by atoms with E-state index < -0.39 is 0 Å². The molecule has 0 N–H and O–H groups in total. The van der Waals surface area contributed by atoms with Crippen molar-refractivity contribution in [2.75, 3.05) is 0 Å². The van der Waals surface area contributed by atoms with Crippen LogP contribution in [0, 0.1) is 18.3 Å². The summed E-state index contributed by atoms with van der Waals surface area (Å²) in [5.41, 5.74) is 4.27. The van der Waals surface area contributed by atoms with E-state index in [2.05, 4.69) is 12.1 Å². The van der Waals surface area contributed by atoms with Crippen LogP contribution in [0.5, 0.6) is 0 Å². The topological polar surface area (TPSA) is 23.8 Å². The maximum Gasteiger partial charge on any atom is 0.0669 e. The lowest BCUT2D eigenvalue weighted by molar-refractivity contribution is 1.21. The molecule has 0 heterocycles. The average molecular weight is 276 g/mol. The van der Waals surface area contributed by atoms with Gasteiger partial charge in [-0.2, -0.15) is 5.26 Å². The highest BCUT2D eigenvalue weighted by Crippen LogP contribution is 2.29. The van der Waals surface area contributed by atoms with Crippen molar-refractivity contribution < 1.29 is 0 Å². The fourth-order valence-electron chi connectivity index (χ4n) is 1.83. The molecular formula is C15H11Cl2N. The zero-order valence-corrected chi connectivity index (χ0v) is 11.4. The zero-order chi connectivity index (χ0) is 13.1. The highest BCUT2D eigenvalue weighted by atomic mass is 35.5. The lowest BCUT2D eigenvalue weighted by atomic mass is 9.99. The summed E-state index contributed by atoms with van der Waals surface area (Å²) in [5, 5.41) is 9.82. The predicted molar refractivity (Wildman–Crippen MR) is 76.0 cm³/mol. The first-order valence-corrected chi connectivity index (χ1v) is 6.29. The van der Waals surface area contributed by atoms with E-state index in [0.717, 1.165) is 22.3 Å². The molecule has 2 rings (SSSR count). The van der Waals surface area contributed by atoms with Gasteiger partial charge in [0.2, 0.25) is 0 Å². The van der Waals surface area contributed by atoms with Gasteiger partial charge in [0, 0.05) is 0 Å². The van der Waals surface area contributed by atoms with Gasteiger partial charge in [-0.15, -0.1) is 0 Å². The van der Waals surface area contributed by atoms with Gasteiger partial charge in [-0.1, -0.05) is 47.5 Å². The Hall–Kier alpha value is -1.49. The number of hydrogen-bond acceptors (Lipinski definition) is 1. The minimum atomic E-state index is 0.438. The summed E-state index contributed by atoms with van der Waals surface area (Å²) in [5.74, 6) is 0. The van der Waals surface area contributed by atoms with E-state index in [1.54, 1.807) is 6.07 Å². The van der Waals surface area contributed by atoms with Crippen LogP contribution in [0.1, 0.15) is 11.1 Å². The highest BCUT2D eigenvalue weighted by Gasteiger charge is 2.04. The summed E-state index contributed by atoms with van der Waals surface area (Å²) < 4.78 is 0. The summed E-state index contributed by atoms with van der Waals surface area (Å²) in [6.45, 7) is 2.01. The van der Waals surface area contributed by atoms with Gasteiger partial charge in [0.1, 0.15) is 0 Å². The van der Waals surface area contributed by atoms with E-state index in [1.807, 2.05) is 31.2 Å². The molecule has 0 bridgehead atoms. The first kappa shape index (κ1) is 13.0. The van der Waals surface area contributed by atoms with Crippen LogP contribution in [0.2, 0.25) is 10.0 Å². The third-order valence-corrected chi connectivity index (χ3v) is 3.60. The van der Waals surface area contributed by atoms with Crippen molar-refractivity contribution in [2.45, 2.75) is 13.3 Å². The Labute approximate surface area is 117 Å². The molecule has 0 unspecified atom stereocenters. The largest absolute Gasteiger partial charge is 0.198 e. The maximum atomic E-state index is 8.72. The molecule has 0 aliphatic heterocycles. The molecule has 0 atom stereocenters. The molecule has 0 aliphatic carbocycles. The van der Waals surface area contributed by atoms with Crippen molar-refractivity contribution in [2.24, 2.45) is 0 Å². The third-order valence-electron chi connectivity index (χ3n) is 2.87. The minimum Gasteiger partial charge on any atom is -0.198 e. The van der Waals surface area contributed by atoms with Crippen molar-refractivity contribution in [1.29, 1.82) is 5.26 Å². The Morgan fingerprint density at radius 1 is 1.00 bits per heavy atom. The molecule has 0 fully saturated rings.